The molecule has 1 aromatic rings. The van der Waals surface area contributed by atoms with Crippen LogP contribution in [0.1, 0.15) is 26.7 Å². The number of aliphatic imine (C=N–C) groups is 1. The zero-order valence-corrected chi connectivity index (χ0v) is 14.4. The van der Waals surface area contributed by atoms with Crippen molar-refractivity contribution in [2.45, 2.75) is 33.2 Å². The molecule has 1 aromatic heterocycles. The van der Waals surface area contributed by atoms with Gasteiger partial charge in [0.2, 0.25) is 0 Å². The van der Waals surface area contributed by atoms with Crippen LogP contribution in [-0.2, 0) is 6.54 Å². The van der Waals surface area contributed by atoms with E-state index < -0.39 is 0 Å². The number of rotatable bonds is 7. The van der Waals surface area contributed by atoms with Crippen molar-refractivity contribution in [1.82, 2.24) is 20.4 Å². The quantitative estimate of drug-likeness (QED) is 0.330. The van der Waals surface area contributed by atoms with Crippen molar-refractivity contribution in [1.29, 1.82) is 0 Å². The first-order chi connectivity index (χ1) is 8.76. The number of guanidine groups is 1. The van der Waals surface area contributed by atoms with Crippen LogP contribution < -0.4 is 10.6 Å². The lowest BCUT2D eigenvalue weighted by atomic mass is 10.2. The highest BCUT2D eigenvalue weighted by molar-refractivity contribution is 14.0. The average Bonchev–Trinajstić information content (AvgIpc) is 2.86. The van der Waals surface area contributed by atoms with Gasteiger partial charge in [-0.05, 0) is 18.4 Å². The molecular formula is C13H26IN5. The summed E-state index contributed by atoms with van der Waals surface area (Å²) < 4.78 is 1.96. The van der Waals surface area contributed by atoms with E-state index in [0.29, 0.717) is 5.92 Å². The van der Waals surface area contributed by atoms with E-state index in [1.807, 2.05) is 23.1 Å². The van der Waals surface area contributed by atoms with E-state index in [4.69, 9.17) is 0 Å². The van der Waals surface area contributed by atoms with Crippen molar-refractivity contribution in [2.24, 2.45) is 10.9 Å². The molecule has 5 nitrogen and oxygen atoms in total. The van der Waals surface area contributed by atoms with Gasteiger partial charge in [-0.1, -0.05) is 20.3 Å². The van der Waals surface area contributed by atoms with Crippen molar-refractivity contribution < 1.29 is 0 Å². The molecule has 1 atom stereocenters. The molecule has 0 aliphatic heterocycles. The van der Waals surface area contributed by atoms with Crippen molar-refractivity contribution in [2.75, 3.05) is 20.1 Å². The molecule has 6 heteroatoms. The maximum Gasteiger partial charge on any atom is 0.190 e. The minimum absolute atomic E-state index is 0. The number of aromatic nitrogens is 2. The Bertz CT molecular complexity index is 337. The molecule has 2 N–H and O–H groups in total. The van der Waals surface area contributed by atoms with Crippen molar-refractivity contribution in [3.63, 3.8) is 0 Å². The molecule has 1 unspecified atom stereocenters. The summed E-state index contributed by atoms with van der Waals surface area (Å²) in [5.74, 6) is 1.39. The maximum atomic E-state index is 4.21. The Labute approximate surface area is 133 Å². The first kappa shape index (κ1) is 18.2. The monoisotopic (exact) mass is 379 g/mol. The fourth-order valence-electron chi connectivity index (χ4n) is 1.67. The van der Waals surface area contributed by atoms with Crippen LogP contribution in [0.2, 0.25) is 0 Å². The average molecular weight is 379 g/mol. The minimum Gasteiger partial charge on any atom is -0.356 e. The fraction of sp³-hybridized carbons (Fsp3) is 0.692. The summed E-state index contributed by atoms with van der Waals surface area (Å²) >= 11 is 0. The van der Waals surface area contributed by atoms with E-state index in [0.717, 1.165) is 25.6 Å². The third kappa shape index (κ3) is 8.07. The van der Waals surface area contributed by atoms with Crippen LogP contribution in [0, 0.1) is 5.92 Å². The molecule has 0 aliphatic rings. The highest BCUT2D eigenvalue weighted by Gasteiger charge is 2.04. The molecule has 1 heterocycles. The van der Waals surface area contributed by atoms with Crippen LogP contribution in [-0.4, -0.2) is 35.9 Å². The first-order valence-corrected chi connectivity index (χ1v) is 6.68. The second-order valence-corrected chi connectivity index (χ2v) is 4.57. The highest BCUT2D eigenvalue weighted by Crippen LogP contribution is 1.97. The van der Waals surface area contributed by atoms with E-state index in [-0.39, 0.29) is 24.0 Å². The molecule has 0 amide bonds. The zero-order valence-electron chi connectivity index (χ0n) is 12.1. The van der Waals surface area contributed by atoms with Gasteiger partial charge in [0.05, 0.1) is 0 Å². The Morgan fingerprint density at radius 2 is 2.21 bits per heavy atom. The smallest absolute Gasteiger partial charge is 0.190 e. The van der Waals surface area contributed by atoms with Gasteiger partial charge in [0.1, 0.15) is 0 Å². The van der Waals surface area contributed by atoms with Crippen LogP contribution in [0.5, 0.6) is 0 Å². The standard InChI is InChI=1S/C13H25N5.HI/c1-4-5-7-15-13(14-3)16-10-12(2)11-18-9-6-8-17-18;/h6,8-9,12H,4-5,7,10-11H2,1-3H3,(H2,14,15,16);1H. The predicted molar refractivity (Wildman–Crippen MR) is 91.1 cm³/mol. The minimum atomic E-state index is 0. The molecule has 0 radical (unpaired) electrons. The molecule has 19 heavy (non-hydrogen) atoms. The number of halogens is 1. The lowest BCUT2D eigenvalue weighted by molar-refractivity contribution is 0.443. The third-order valence-electron chi connectivity index (χ3n) is 2.72. The summed E-state index contributed by atoms with van der Waals surface area (Å²) in [7, 11) is 1.81. The van der Waals surface area contributed by atoms with Gasteiger partial charge < -0.3 is 10.6 Å². The van der Waals surface area contributed by atoms with Crippen LogP contribution in [0.4, 0.5) is 0 Å². The number of hydrogen-bond donors (Lipinski definition) is 2. The fourth-order valence-corrected chi connectivity index (χ4v) is 1.67. The second-order valence-electron chi connectivity index (χ2n) is 4.57. The van der Waals surface area contributed by atoms with Crippen molar-refractivity contribution in [3.05, 3.63) is 18.5 Å². The molecule has 0 saturated heterocycles. The number of unbranched alkanes of at least 4 members (excludes halogenated alkanes) is 1. The molecule has 1 rings (SSSR count). The number of nitrogens with zero attached hydrogens (tertiary/aromatic N) is 3. The van der Waals surface area contributed by atoms with Gasteiger partial charge in [-0.3, -0.25) is 9.67 Å². The predicted octanol–water partition coefficient (Wildman–Crippen LogP) is 2.10. The van der Waals surface area contributed by atoms with Gasteiger partial charge in [-0.2, -0.15) is 5.10 Å². The van der Waals surface area contributed by atoms with E-state index >= 15 is 0 Å². The highest BCUT2D eigenvalue weighted by atomic mass is 127. The first-order valence-electron chi connectivity index (χ1n) is 6.68. The summed E-state index contributed by atoms with van der Waals surface area (Å²) in [6.07, 6.45) is 6.17. The summed E-state index contributed by atoms with van der Waals surface area (Å²) in [4.78, 5) is 4.20. The maximum absolute atomic E-state index is 4.21. The van der Waals surface area contributed by atoms with Gasteiger partial charge in [0.25, 0.3) is 0 Å². The van der Waals surface area contributed by atoms with E-state index in [2.05, 4.69) is 34.6 Å². The molecule has 0 aliphatic carbocycles. The molecule has 0 saturated carbocycles. The Morgan fingerprint density at radius 3 is 2.79 bits per heavy atom. The van der Waals surface area contributed by atoms with Crippen molar-refractivity contribution in [3.8, 4) is 0 Å². The van der Waals surface area contributed by atoms with Crippen molar-refractivity contribution >= 4 is 29.9 Å². The molecule has 0 bridgehead atoms. The zero-order chi connectivity index (χ0) is 13.2. The third-order valence-corrected chi connectivity index (χ3v) is 2.72. The summed E-state index contributed by atoms with van der Waals surface area (Å²) in [6.45, 7) is 7.18. The normalized spacial score (nSPS) is 12.7. The molecule has 0 spiro atoms. The van der Waals surface area contributed by atoms with Gasteiger partial charge in [-0.15, -0.1) is 24.0 Å². The Kier molecular flexibility index (Phi) is 10.6. The Morgan fingerprint density at radius 1 is 1.42 bits per heavy atom. The molecule has 0 fully saturated rings. The molecule has 0 aromatic carbocycles. The molecule has 110 valence electrons. The van der Waals surface area contributed by atoms with Gasteiger partial charge >= 0.3 is 0 Å². The van der Waals surface area contributed by atoms with Crippen LogP contribution in [0.3, 0.4) is 0 Å². The molecular weight excluding hydrogens is 353 g/mol. The summed E-state index contributed by atoms with van der Waals surface area (Å²) in [6, 6.07) is 1.95. The SMILES string of the molecule is CCCCNC(=NC)NCC(C)Cn1cccn1.I. The number of nitrogens with one attached hydrogen (secondary N) is 2. The van der Waals surface area contributed by atoms with Crippen LogP contribution in [0.15, 0.2) is 23.5 Å². The lowest BCUT2D eigenvalue weighted by Gasteiger charge is -2.16. The lowest BCUT2D eigenvalue weighted by Crippen LogP contribution is -2.40. The van der Waals surface area contributed by atoms with Gasteiger partial charge in [0.15, 0.2) is 5.96 Å². The summed E-state index contributed by atoms with van der Waals surface area (Å²) in [5, 5.41) is 10.8. The largest absolute Gasteiger partial charge is 0.356 e. The Hall–Kier alpha value is -0.790. The van der Waals surface area contributed by atoms with Gasteiger partial charge in [-0.25, -0.2) is 0 Å². The van der Waals surface area contributed by atoms with E-state index in [1.54, 1.807) is 7.05 Å². The van der Waals surface area contributed by atoms with E-state index in [9.17, 15) is 0 Å². The Balaban J connectivity index is 0.00000324. The number of hydrogen-bond acceptors (Lipinski definition) is 2. The van der Waals surface area contributed by atoms with Crippen LogP contribution in [0.25, 0.3) is 0 Å². The van der Waals surface area contributed by atoms with E-state index in [1.165, 1.54) is 12.8 Å². The second kappa shape index (κ2) is 11.1. The van der Waals surface area contributed by atoms with Crippen LogP contribution >= 0.6 is 24.0 Å². The summed E-state index contributed by atoms with van der Waals surface area (Å²) in [5.41, 5.74) is 0. The topological polar surface area (TPSA) is 54.2 Å². The van der Waals surface area contributed by atoms with Gasteiger partial charge in [0, 0.05) is 39.1 Å².